The molecule has 1 saturated heterocycles. The molecule has 18 heavy (non-hydrogen) atoms. The van der Waals surface area contributed by atoms with Gasteiger partial charge in [-0.1, -0.05) is 30.3 Å². The third-order valence-electron chi connectivity index (χ3n) is 3.28. The molecule has 0 aliphatic carbocycles. The minimum absolute atomic E-state index is 0.105. The van der Waals surface area contributed by atoms with Gasteiger partial charge in [-0.25, -0.2) is 0 Å². The van der Waals surface area contributed by atoms with Crippen LogP contribution in [0.3, 0.4) is 0 Å². The molecule has 0 bridgehead atoms. The summed E-state index contributed by atoms with van der Waals surface area (Å²) in [5.74, 6) is -0.105. The number of hydrogen-bond donors (Lipinski definition) is 2. The van der Waals surface area contributed by atoms with Crippen LogP contribution >= 0.6 is 0 Å². The molecule has 1 unspecified atom stereocenters. The third kappa shape index (κ3) is 3.31. The molecule has 4 nitrogen and oxygen atoms in total. The van der Waals surface area contributed by atoms with E-state index in [1.165, 1.54) is 0 Å². The fourth-order valence-corrected chi connectivity index (χ4v) is 2.12. The van der Waals surface area contributed by atoms with Crippen molar-refractivity contribution >= 4 is 5.91 Å². The molecule has 0 aromatic heterocycles. The number of benzene rings is 1. The Hall–Kier alpha value is -1.39. The summed E-state index contributed by atoms with van der Waals surface area (Å²) in [4.78, 5) is 12.0. The highest BCUT2D eigenvalue weighted by Gasteiger charge is 2.32. The lowest BCUT2D eigenvalue weighted by Gasteiger charge is -2.25. The Bertz CT molecular complexity index is 400. The number of ether oxygens (including phenoxy) is 1. The van der Waals surface area contributed by atoms with Gasteiger partial charge in [0, 0.05) is 6.61 Å². The van der Waals surface area contributed by atoms with Gasteiger partial charge in [-0.3, -0.25) is 4.79 Å². The molecule has 1 aliphatic rings. The Morgan fingerprint density at radius 1 is 1.50 bits per heavy atom. The standard InChI is InChI=1S/C14H20N2O2/c1-14(7-8-18-10-14)16-13(17)12(15)9-11-5-3-2-4-6-11/h2-6,12H,7-10,15H2,1H3,(H,16,17)/t12-,14?/m0/s1. The summed E-state index contributed by atoms with van der Waals surface area (Å²) in [5, 5.41) is 2.99. The first-order valence-corrected chi connectivity index (χ1v) is 6.28. The highest BCUT2D eigenvalue weighted by molar-refractivity contribution is 5.82. The van der Waals surface area contributed by atoms with Gasteiger partial charge in [0.2, 0.25) is 5.91 Å². The number of carbonyl (C=O) groups is 1. The first-order chi connectivity index (χ1) is 8.59. The topological polar surface area (TPSA) is 64.4 Å². The lowest BCUT2D eigenvalue weighted by atomic mass is 10.00. The van der Waals surface area contributed by atoms with E-state index in [2.05, 4.69) is 5.32 Å². The number of nitrogens with two attached hydrogens (primary N) is 1. The zero-order valence-corrected chi connectivity index (χ0v) is 10.7. The number of hydrogen-bond acceptors (Lipinski definition) is 3. The minimum atomic E-state index is -0.509. The fraction of sp³-hybridized carbons (Fsp3) is 0.500. The van der Waals surface area contributed by atoms with Crippen LogP contribution in [-0.4, -0.2) is 30.7 Å². The molecule has 98 valence electrons. The molecule has 4 heteroatoms. The summed E-state index contributed by atoms with van der Waals surface area (Å²) in [5.41, 5.74) is 6.75. The molecule has 0 saturated carbocycles. The van der Waals surface area contributed by atoms with Crippen LogP contribution in [0.25, 0.3) is 0 Å². The zero-order chi connectivity index (χ0) is 13.0. The van der Waals surface area contributed by atoms with E-state index in [1.54, 1.807) is 0 Å². The Morgan fingerprint density at radius 2 is 2.22 bits per heavy atom. The molecular weight excluding hydrogens is 228 g/mol. The third-order valence-corrected chi connectivity index (χ3v) is 3.28. The Kier molecular flexibility index (Phi) is 3.99. The molecular formula is C14H20N2O2. The van der Waals surface area contributed by atoms with E-state index in [0.29, 0.717) is 19.6 Å². The van der Waals surface area contributed by atoms with Crippen LogP contribution in [0.15, 0.2) is 30.3 Å². The first kappa shape index (κ1) is 13.1. The van der Waals surface area contributed by atoms with Crippen molar-refractivity contribution in [2.45, 2.75) is 31.3 Å². The Labute approximate surface area is 108 Å². The zero-order valence-electron chi connectivity index (χ0n) is 10.7. The molecule has 3 N–H and O–H groups in total. The lowest BCUT2D eigenvalue weighted by Crippen LogP contribution is -2.53. The van der Waals surface area contributed by atoms with Gasteiger partial charge in [0.15, 0.2) is 0 Å². The van der Waals surface area contributed by atoms with E-state index in [4.69, 9.17) is 10.5 Å². The van der Waals surface area contributed by atoms with Crippen molar-refractivity contribution in [2.24, 2.45) is 5.73 Å². The number of rotatable bonds is 4. The molecule has 1 fully saturated rings. The van der Waals surface area contributed by atoms with Crippen LogP contribution in [0.5, 0.6) is 0 Å². The summed E-state index contributed by atoms with van der Waals surface area (Å²) >= 11 is 0. The predicted octanol–water partition coefficient (Wildman–Crippen LogP) is 0.852. The number of nitrogens with one attached hydrogen (secondary N) is 1. The van der Waals surface area contributed by atoms with Gasteiger partial charge in [-0.05, 0) is 25.3 Å². The number of carbonyl (C=O) groups excluding carboxylic acids is 1. The summed E-state index contributed by atoms with van der Waals surface area (Å²) in [7, 11) is 0. The van der Waals surface area contributed by atoms with Gasteiger partial charge in [0.25, 0.3) is 0 Å². The van der Waals surface area contributed by atoms with Gasteiger partial charge in [0.05, 0.1) is 18.2 Å². The Morgan fingerprint density at radius 3 is 2.83 bits per heavy atom. The second kappa shape index (κ2) is 5.50. The summed E-state index contributed by atoms with van der Waals surface area (Å²) in [6.45, 7) is 3.26. The summed E-state index contributed by atoms with van der Waals surface area (Å²) in [6, 6.07) is 9.30. The van der Waals surface area contributed by atoms with Crippen molar-refractivity contribution in [3.8, 4) is 0 Å². The Balaban J connectivity index is 1.89. The molecule has 1 aromatic carbocycles. The van der Waals surface area contributed by atoms with Crippen molar-refractivity contribution in [2.75, 3.05) is 13.2 Å². The van der Waals surface area contributed by atoms with E-state index < -0.39 is 6.04 Å². The minimum Gasteiger partial charge on any atom is -0.379 e. The van der Waals surface area contributed by atoms with Crippen molar-refractivity contribution < 1.29 is 9.53 Å². The van der Waals surface area contributed by atoms with E-state index in [9.17, 15) is 4.79 Å². The van der Waals surface area contributed by atoms with Gasteiger partial charge < -0.3 is 15.8 Å². The van der Waals surface area contributed by atoms with Gasteiger partial charge in [-0.15, -0.1) is 0 Å². The molecule has 1 aromatic rings. The molecule has 0 spiro atoms. The second-order valence-corrected chi connectivity index (χ2v) is 5.15. The average molecular weight is 248 g/mol. The normalized spacial score (nSPS) is 24.8. The maximum atomic E-state index is 12.0. The molecule has 1 heterocycles. The van der Waals surface area contributed by atoms with E-state index in [-0.39, 0.29) is 11.4 Å². The second-order valence-electron chi connectivity index (χ2n) is 5.15. The van der Waals surface area contributed by atoms with Crippen LogP contribution in [-0.2, 0) is 16.0 Å². The van der Waals surface area contributed by atoms with Crippen molar-refractivity contribution in [3.05, 3.63) is 35.9 Å². The van der Waals surface area contributed by atoms with E-state index >= 15 is 0 Å². The monoisotopic (exact) mass is 248 g/mol. The molecule has 1 aliphatic heterocycles. The van der Waals surface area contributed by atoms with E-state index in [0.717, 1.165) is 12.0 Å². The largest absolute Gasteiger partial charge is 0.379 e. The van der Waals surface area contributed by atoms with Crippen molar-refractivity contribution in [1.29, 1.82) is 0 Å². The fourth-order valence-electron chi connectivity index (χ4n) is 2.12. The molecule has 0 radical (unpaired) electrons. The molecule has 1 amide bonds. The van der Waals surface area contributed by atoms with Crippen molar-refractivity contribution in [1.82, 2.24) is 5.32 Å². The highest BCUT2D eigenvalue weighted by Crippen LogP contribution is 2.17. The van der Waals surface area contributed by atoms with Crippen molar-refractivity contribution in [3.63, 3.8) is 0 Å². The number of amides is 1. The highest BCUT2D eigenvalue weighted by atomic mass is 16.5. The molecule has 2 rings (SSSR count). The predicted molar refractivity (Wildman–Crippen MR) is 70.1 cm³/mol. The van der Waals surface area contributed by atoms with Gasteiger partial charge >= 0.3 is 0 Å². The van der Waals surface area contributed by atoms with Gasteiger partial charge in [-0.2, -0.15) is 0 Å². The van der Waals surface area contributed by atoms with Crippen LogP contribution in [0.2, 0.25) is 0 Å². The average Bonchev–Trinajstić information content (AvgIpc) is 2.77. The first-order valence-electron chi connectivity index (χ1n) is 6.28. The molecule has 2 atom stereocenters. The SMILES string of the molecule is CC1(NC(=O)[C@@H](N)Cc2ccccc2)CCOC1. The smallest absolute Gasteiger partial charge is 0.237 e. The van der Waals surface area contributed by atoms with Crippen LogP contribution in [0.1, 0.15) is 18.9 Å². The maximum absolute atomic E-state index is 12.0. The maximum Gasteiger partial charge on any atom is 0.237 e. The quantitative estimate of drug-likeness (QED) is 0.830. The van der Waals surface area contributed by atoms with Gasteiger partial charge in [0.1, 0.15) is 0 Å². The lowest BCUT2D eigenvalue weighted by molar-refractivity contribution is -0.124. The van der Waals surface area contributed by atoms with Crippen LogP contribution in [0.4, 0.5) is 0 Å². The van der Waals surface area contributed by atoms with Crippen LogP contribution < -0.4 is 11.1 Å². The van der Waals surface area contributed by atoms with E-state index in [1.807, 2.05) is 37.3 Å². The summed E-state index contributed by atoms with van der Waals surface area (Å²) < 4.78 is 5.30. The summed E-state index contributed by atoms with van der Waals surface area (Å²) in [6.07, 6.45) is 1.40. The van der Waals surface area contributed by atoms with Crippen LogP contribution in [0, 0.1) is 0 Å².